The van der Waals surface area contributed by atoms with E-state index in [2.05, 4.69) is 11.4 Å². The predicted octanol–water partition coefficient (Wildman–Crippen LogP) is 4.28. The molecule has 0 aliphatic carbocycles. The highest BCUT2D eigenvalue weighted by Gasteiger charge is 2.32. The summed E-state index contributed by atoms with van der Waals surface area (Å²) in [6, 6.07) is 18.5. The Balaban J connectivity index is 1.69. The minimum absolute atomic E-state index is 0.0587. The van der Waals surface area contributed by atoms with Gasteiger partial charge in [0.2, 0.25) is 5.91 Å². The largest absolute Gasteiger partial charge is 0.494 e. The number of nitriles is 1. The molecule has 0 aromatic heterocycles. The number of para-hydroxylation sites is 1. The quantitative estimate of drug-likeness (QED) is 0.725. The molecule has 0 spiro atoms. The van der Waals surface area contributed by atoms with E-state index in [4.69, 9.17) is 10.00 Å². The standard InChI is InChI=1S/C24H28N4O3/c1-2-31-22-13-11-21(12-14-22)28(17-7-15-25)23(29)19-8-6-16-27(18-19)24(30)26-20-9-4-3-5-10-20/h3-5,9-14,19H,2,6-8,16-18H2,1H3,(H,26,30). The number of hydrogen-bond acceptors (Lipinski definition) is 4. The lowest BCUT2D eigenvalue weighted by Crippen LogP contribution is -2.48. The normalized spacial score (nSPS) is 15.6. The Labute approximate surface area is 183 Å². The van der Waals surface area contributed by atoms with E-state index in [1.807, 2.05) is 61.5 Å². The smallest absolute Gasteiger partial charge is 0.321 e. The molecule has 1 aliphatic rings. The monoisotopic (exact) mass is 420 g/mol. The number of likely N-dealkylation sites (tertiary alicyclic amines) is 1. The molecule has 7 heteroatoms. The Hall–Kier alpha value is -3.53. The maximum Gasteiger partial charge on any atom is 0.321 e. The van der Waals surface area contributed by atoms with Crippen LogP contribution in [-0.4, -0.2) is 43.1 Å². The summed E-state index contributed by atoms with van der Waals surface area (Å²) in [5.74, 6) is 0.373. The molecule has 0 bridgehead atoms. The summed E-state index contributed by atoms with van der Waals surface area (Å²) in [5, 5.41) is 11.9. The number of benzene rings is 2. The van der Waals surface area contributed by atoms with Crippen LogP contribution in [0.3, 0.4) is 0 Å². The number of piperidine rings is 1. The molecule has 162 valence electrons. The highest BCUT2D eigenvalue weighted by Crippen LogP contribution is 2.25. The van der Waals surface area contributed by atoms with Gasteiger partial charge in [0, 0.05) is 31.0 Å². The van der Waals surface area contributed by atoms with Gasteiger partial charge in [-0.2, -0.15) is 5.26 Å². The van der Waals surface area contributed by atoms with Gasteiger partial charge in [-0.25, -0.2) is 4.79 Å². The molecule has 3 amide bonds. The second-order valence-corrected chi connectivity index (χ2v) is 7.41. The Morgan fingerprint density at radius 2 is 1.94 bits per heavy atom. The number of nitrogens with one attached hydrogen (secondary N) is 1. The maximum absolute atomic E-state index is 13.4. The van der Waals surface area contributed by atoms with E-state index in [9.17, 15) is 9.59 Å². The summed E-state index contributed by atoms with van der Waals surface area (Å²) in [7, 11) is 0. The van der Waals surface area contributed by atoms with Gasteiger partial charge in [-0.15, -0.1) is 0 Å². The number of amides is 3. The Morgan fingerprint density at radius 3 is 2.61 bits per heavy atom. The minimum atomic E-state index is -0.305. The molecule has 0 radical (unpaired) electrons. The van der Waals surface area contributed by atoms with Crippen molar-refractivity contribution in [2.45, 2.75) is 26.2 Å². The third-order valence-electron chi connectivity index (χ3n) is 5.26. The molecule has 1 heterocycles. The van der Waals surface area contributed by atoms with Crippen LogP contribution in [-0.2, 0) is 4.79 Å². The third-order valence-corrected chi connectivity index (χ3v) is 5.26. The Kier molecular flexibility index (Phi) is 7.88. The summed E-state index contributed by atoms with van der Waals surface area (Å²) in [6.07, 6.45) is 1.71. The van der Waals surface area contributed by atoms with Gasteiger partial charge in [0.1, 0.15) is 5.75 Å². The summed E-state index contributed by atoms with van der Waals surface area (Å²) in [4.78, 5) is 29.4. The van der Waals surface area contributed by atoms with Crippen molar-refractivity contribution in [3.63, 3.8) is 0 Å². The van der Waals surface area contributed by atoms with E-state index < -0.39 is 0 Å². The van der Waals surface area contributed by atoms with Crippen LogP contribution < -0.4 is 15.0 Å². The number of urea groups is 1. The van der Waals surface area contributed by atoms with Gasteiger partial charge in [-0.3, -0.25) is 4.79 Å². The number of nitrogens with zero attached hydrogens (tertiary/aromatic N) is 3. The van der Waals surface area contributed by atoms with Crippen LogP contribution in [0.5, 0.6) is 5.75 Å². The lowest BCUT2D eigenvalue weighted by molar-refractivity contribution is -0.123. The van der Waals surface area contributed by atoms with Crippen LogP contribution in [0.1, 0.15) is 26.2 Å². The molecule has 3 rings (SSSR count). The molecule has 1 saturated heterocycles. The molecule has 1 aliphatic heterocycles. The van der Waals surface area contributed by atoms with Crippen molar-refractivity contribution in [2.75, 3.05) is 36.5 Å². The van der Waals surface area contributed by atoms with Crippen molar-refractivity contribution in [1.29, 1.82) is 5.26 Å². The predicted molar refractivity (Wildman–Crippen MR) is 120 cm³/mol. The Bertz CT molecular complexity index is 909. The van der Waals surface area contributed by atoms with Crippen molar-refractivity contribution in [3.8, 4) is 11.8 Å². The first-order valence-corrected chi connectivity index (χ1v) is 10.6. The Morgan fingerprint density at radius 1 is 1.19 bits per heavy atom. The van der Waals surface area contributed by atoms with Gasteiger partial charge in [-0.05, 0) is 56.2 Å². The van der Waals surface area contributed by atoms with Crippen LogP contribution >= 0.6 is 0 Å². The van der Waals surface area contributed by atoms with Crippen LogP contribution in [0.15, 0.2) is 54.6 Å². The first kappa shape index (κ1) is 22.2. The molecule has 0 saturated carbocycles. The van der Waals surface area contributed by atoms with Gasteiger partial charge >= 0.3 is 6.03 Å². The van der Waals surface area contributed by atoms with Crippen LogP contribution in [0.25, 0.3) is 0 Å². The van der Waals surface area contributed by atoms with Crippen molar-refractivity contribution in [2.24, 2.45) is 5.92 Å². The second kappa shape index (κ2) is 11.0. The molecule has 1 unspecified atom stereocenters. The number of ether oxygens (including phenoxy) is 1. The highest BCUT2D eigenvalue weighted by atomic mass is 16.5. The van der Waals surface area contributed by atoms with E-state index in [0.717, 1.165) is 23.5 Å². The number of carbonyl (C=O) groups is 2. The molecule has 7 nitrogen and oxygen atoms in total. The van der Waals surface area contributed by atoms with Crippen LogP contribution in [0, 0.1) is 17.2 Å². The topological polar surface area (TPSA) is 85.7 Å². The van der Waals surface area contributed by atoms with Crippen molar-refractivity contribution in [3.05, 3.63) is 54.6 Å². The van der Waals surface area contributed by atoms with E-state index in [-0.39, 0.29) is 24.3 Å². The average molecular weight is 421 g/mol. The first-order valence-electron chi connectivity index (χ1n) is 10.6. The van der Waals surface area contributed by atoms with E-state index >= 15 is 0 Å². The first-order chi connectivity index (χ1) is 15.1. The van der Waals surface area contributed by atoms with Gasteiger partial charge in [0.25, 0.3) is 0 Å². The fourth-order valence-corrected chi connectivity index (χ4v) is 3.72. The molecule has 1 atom stereocenters. The third kappa shape index (κ3) is 5.98. The second-order valence-electron chi connectivity index (χ2n) is 7.41. The average Bonchev–Trinajstić information content (AvgIpc) is 2.81. The van der Waals surface area contributed by atoms with Crippen molar-refractivity contribution < 1.29 is 14.3 Å². The van der Waals surface area contributed by atoms with Crippen LogP contribution in [0.4, 0.5) is 16.2 Å². The number of anilines is 2. The zero-order valence-corrected chi connectivity index (χ0v) is 17.8. The summed E-state index contributed by atoms with van der Waals surface area (Å²) in [6.45, 7) is 3.77. The lowest BCUT2D eigenvalue weighted by atomic mass is 9.96. The molecule has 31 heavy (non-hydrogen) atoms. The zero-order valence-electron chi connectivity index (χ0n) is 17.8. The van der Waals surface area contributed by atoms with E-state index in [1.54, 1.807) is 9.80 Å². The molecule has 2 aromatic rings. The molecular weight excluding hydrogens is 392 g/mol. The number of carbonyl (C=O) groups excluding carboxylic acids is 2. The van der Waals surface area contributed by atoms with E-state index in [1.165, 1.54) is 0 Å². The molecule has 1 N–H and O–H groups in total. The number of rotatable bonds is 7. The highest BCUT2D eigenvalue weighted by molar-refractivity contribution is 5.96. The van der Waals surface area contributed by atoms with Crippen molar-refractivity contribution in [1.82, 2.24) is 4.90 Å². The minimum Gasteiger partial charge on any atom is -0.494 e. The summed E-state index contributed by atoms with van der Waals surface area (Å²) >= 11 is 0. The number of hydrogen-bond donors (Lipinski definition) is 1. The summed E-state index contributed by atoms with van der Waals surface area (Å²) in [5.41, 5.74) is 1.46. The van der Waals surface area contributed by atoms with Crippen LogP contribution in [0.2, 0.25) is 0 Å². The fourth-order valence-electron chi connectivity index (χ4n) is 3.72. The van der Waals surface area contributed by atoms with Gasteiger partial charge in [-0.1, -0.05) is 18.2 Å². The summed E-state index contributed by atoms with van der Waals surface area (Å²) < 4.78 is 5.48. The SMILES string of the molecule is CCOc1ccc(N(CCC#N)C(=O)C2CCCN(C(=O)Nc3ccccc3)C2)cc1. The molecule has 1 fully saturated rings. The van der Waals surface area contributed by atoms with Gasteiger partial charge < -0.3 is 19.9 Å². The van der Waals surface area contributed by atoms with Crippen molar-refractivity contribution >= 4 is 23.3 Å². The van der Waals surface area contributed by atoms with E-state index in [0.29, 0.717) is 32.7 Å². The zero-order chi connectivity index (χ0) is 22.1. The molecule has 2 aromatic carbocycles. The lowest BCUT2D eigenvalue weighted by Gasteiger charge is -2.35. The molecular formula is C24H28N4O3. The van der Waals surface area contributed by atoms with Gasteiger partial charge in [0.15, 0.2) is 0 Å². The fraction of sp³-hybridized carbons (Fsp3) is 0.375. The maximum atomic E-state index is 13.4. The van der Waals surface area contributed by atoms with Gasteiger partial charge in [0.05, 0.1) is 25.0 Å².